The van der Waals surface area contributed by atoms with Crippen LogP contribution in [0.4, 0.5) is 11.4 Å². The van der Waals surface area contributed by atoms with E-state index in [9.17, 15) is 16.8 Å². The SMILES string of the molecule is CCOc1ccc(S(=O)(=O)Nc2cccc(N3CCCS3(=O)=O)c2)cc1C. The third-order valence-corrected chi connectivity index (χ3v) is 7.49. The van der Waals surface area contributed by atoms with Crippen molar-refractivity contribution in [3.8, 4) is 5.75 Å². The number of sulfonamides is 2. The summed E-state index contributed by atoms with van der Waals surface area (Å²) in [5.74, 6) is 0.742. The monoisotopic (exact) mass is 410 g/mol. The maximum atomic E-state index is 12.7. The van der Waals surface area contributed by atoms with Crippen LogP contribution >= 0.6 is 0 Å². The van der Waals surface area contributed by atoms with E-state index >= 15 is 0 Å². The normalized spacial score (nSPS) is 16.3. The standard InChI is InChI=1S/C18H22N2O5S2/c1-3-25-18-9-8-17(12-14(18)2)27(23,24)19-15-6-4-7-16(13-15)20-10-5-11-26(20,21)22/h4,6-9,12-13,19H,3,5,10-11H2,1-2H3. The molecule has 1 heterocycles. The number of rotatable bonds is 6. The Labute approximate surface area is 160 Å². The fourth-order valence-electron chi connectivity index (χ4n) is 2.97. The number of hydrogen-bond acceptors (Lipinski definition) is 5. The number of ether oxygens (including phenoxy) is 1. The topological polar surface area (TPSA) is 92.8 Å². The van der Waals surface area contributed by atoms with Crippen molar-refractivity contribution in [2.24, 2.45) is 0 Å². The predicted molar refractivity (Wildman–Crippen MR) is 105 cm³/mol. The minimum atomic E-state index is -3.81. The lowest BCUT2D eigenvalue weighted by atomic mass is 10.2. The molecule has 0 saturated carbocycles. The van der Waals surface area contributed by atoms with Crippen LogP contribution in [0.15, 0.2) is 47.4 Å². The van der Waals surface area contributed by atoms with Crippen LogP contribution in [-0.2, 0) is 20.0 Å². The van der Waals surface area contributed by atoms with Gasteiger partial charge in [0.15, 0.2) is 0 Å². The molecule has 1 aliphatic rings. The van der Waals surface area contributed by atoms with Crippen LogP contribution in [0.1, 0.15) is 18.9 Å². The summed E-state index contributed by atoms with van der Waals surface area (Å²) < 4.78 is 58.8. The van der Waals surface area contributed by atoms with Crippen LogP contribution in [0, 0.1) is 6.92 Å². The number of nitrogens with zero attached hydrogens (tertiary/aromatic N) is 1. The molecule has 0 bridgehead atoms. The first-order valence-electron chi connectivity index (χ1n) is 8.60. The average molecular weight is 411 g/mol. The quantitative estimate of drug-likeness (QED) is 0.790. The molecule has 3 rings (SSSR count). The summed E-state index contributed by atoms with van der Waals surface area (Å²) in [5, 5.41) is 0. The number of hydrogen-bond donors (Lipinski definition) is 1. The molecule has 9 heteroatoms. The molecule has 27 heavy (non-hydrogen) atoms. The zero-order valence-corrected chi connectivity index (χ0v) is 16.8. The van der Waals surface area contributed by atoms with E-state index in [-0.39, 0.29) is 10.6 Å². The van der Waals surface area contributed by atoms with E-state index in [1.807, 2.05) is 6.92 Å². The lowest BCUT2D eigenvalue weighted by molar-refractivity contribution is 0.337. The maximum Gasteiger partial charge on any atom is 0.261 e. The van der Waals surface area contributed by atoms with E-state index in [0.29, 0.717) is 36.7 Å². The number of benzene rings is 2. The summed E-state index contributed by atoms with van der Waals surface area (Å²) in [7, 11) is -7.14. The third-order valence-electron chi connectivity index (χ3n) is 4.24. The van der Waals surface area contributed by atoms with Gasteiger partial charge in [-0.1, -0.05) is 6.07 Å². The van der Waals surface area contributed by atoms with Crippen LogP contribution in [-0.4, -0.2) is 35.7 Å². The van der Waals surface area contributed by atoms with Crippen LogP contribution in [0.5, 0.6) is 5.75 Å². The first kappa shape index (κ1) is 19.5. The fraction of sp³-hybridized carbons (Fsp3) is 0.333. The molecule has 1 saturated heterocycles. The highest BCUT2D eigenvalue weighted by atomic mass is 32.2. The van der Waals surface area contributed by atoms with Crippen LogP contribution in [0.2, 0.25) is 0 Å². The number of nitrogens with one attached hydrogen (secondary N) is 1. The van der Waals surface area contributed by atoms with E-state index in [0.717, 1.165) is 5.56 Å². The van der Waals surface area contributed by atoms with Crippen molar-refractivity contribution in [1.29, 1.82) is 0 Å². The van der Waals surface area contributed by atoms with E-state index in [1.165, 1.54) is 16.4 Å². The van der Waals surface area contributed by atoms with Gasteiger partial charge in [0.1, 0.15) is 5.75 Å². The van der Waals surface area contributed by atoms with Gasteiger partial charge < -0.3 is 4.74 Å². The average Bonchev–Trinajstić information content (AvgIpc) is 2.96. The third kappa shape index (κ3) is 4.19. The summed E-state index contributed by atoms with van der Waals surface area (Å²) >= 11 is 0. The Morgan fingerprint density at radius 3 is 2.59 bits per heavy atom. The van der Waals surface area contributed by atoms with Crippen LogP contribution in [0.3, 0.4) is 0 Å². The van der Waals surface area contributed by atoms with Crippen molar-refractivity contribution >= 4 is 31.4 Å². The highest BCUT2D eigenvalue weighted by Gasteiger charge is 2.28. The second kappa shape index (κ2) is 7.40. The van der Waals surface area contributed by atoms with Gasteiger partial charge in [-0.05, 0) is 62.2 Å². The Balaban J connectivity index is 1.86. The first-order valence-corrected chi connectivity index (χ1v) is 11.7. The van der Waals surface area contributed by atoms with Gasteiger partial charge in [0, 0.05) is 6.54 Å². The highest BCUT2D eigenvalue weighted by Crippen LogP contribution is 2.28. The highest BCUT2D eigenvalue weighted by molar-refractivity contribution is 7.93. The van der Waals surface area contributed by atoms with Gasteiger partial charge in [-0.3, -0.25) is 9.03 Å². The van der Waals surface area contributed by atoms with E-state index in [4.69, 9.17) is 4.74 Å². The molecule has 1 aliphatic heterocycles. The molecule has 2 aromatic carbocycles. The Morgan fingerprint density at radius 2 is 1.96 bits per heavy atom. The molecule has 0 spiro atoms. The summed E-state index contributed by atoms with van der Waals surface area (Å²) in [5.41, 5.74) is 1.48. The Kier molecular flexibility index (Phi) is 5.34. The maximum absolute atomic E-state index is 12.7. The number of anilines is 2. The van der Waals surface area contributed by atoms with Crippen molar-refractivity contribution in [3.63, 3.8) is 0 Å². The fourth-order valence-corrected chi connectivity index (χ4v) is 5.67. The van der Waals surface area contributed by atoms with Gasteiger partial charge in [0.25, 0.3) is 10.0 Å². The van der Waals surface area contributed by atoms with E-state index in [1.54, 1.807) is 37.3 Å². The van der Waals surface area contributed by atoms with Gasteiger partial charge in [0.2, 0.25) is 10.0 Å². The zero-order valence-electron chi connectivity index (χ0n) is 15.2. The van der Waals surface area contributed by atoms with Crippen molar-refractivity contribution < 1.29 is 21.6 Å². The molecule has 0 radical (unpaired) electrons. The molecule has 0 unspecified atom stereocenters. The molecule has 0 atom stereocenters. The summed E-state index contributed by atoms with van der Waals surface area (Å²) in [6.45, 7) is 4.54. The lowest BCUT2D eigenvalue weighted by Gasteiger charge is -2.18. The Bertz CT molecular complexity index is 1050. The van der Waals surface area contributed by atoms with Crippen molar-refractivity contribution in [2.75, 3.05) is 27.9 Å². The predicted octanol–water partition coefficient (Wildman–Crippen LogP) is 2.73. The summed E-state index contributed by atoms with van der Waals surface area (Å²) in [6.07, 6.45) is 0.559. The lowest BCUT2D eigenvalue weighted by Crippen LogP contribution is -2.25. The molecular weight excluding hydrogens is 388 g/mol. The Morgan fingerprint density at radius 1 is 1.19 bits per heavy atom. The zero-order chi connectivity index (χ0) is 19.7. The van der Waals surface area contributed by atoms with Crippen molar-refractivity contribution in [2.45, 2.75) is 25.2 Å². The molecule has 2 aromatic rings. The molecule has 1 fully saturated rings. The minimum absolute atomic E-state index is 0.106. The van der Waals surface area contributed by atoms with Crippen molar-refractivity contribution in [3.05, 3.63) is 48.0 Å². The van der Waals surface area contributed by atoms with Gasteiger partial charge in [-0.15, -0.1) is 0 Å². The van der Waals surface area contributed by atoms with Gasteiger partial charge in [-0.25, -0.2) is 16.8 Å². The van der Waals surface area contributed by atoms with E-state index < -0.39 is 20.0 Å². The van der Waals surface area contributed by atoms with Gasteiger partial charge >= 0.3 is 0 Å². The Hall–Kier alpha value is -2.26. The van der Waals surface area contributed by atoms with Crippen LogP contribution in [0.25, 0.3) is 0 Å². The molecule has 1 N–H and O–H groups in total. The molecule has 0 amide bonds. The van der Waals surface area contributed by atoms with Gasteiger partial charge in [0.05, 0.1) is 28.6 Å². The largest absolute Gasteiger partial charge is 0.494 e. The smallest absolute Gasteiger partial charge is 0.261 e. The first-order chi connectivity index (χ1) is 12.7. The molecule has 7 nitrogen and oxygen atoms in total. The molecule has 0 aromatic heterocycles. The van der Waals surface area contributed by atoms with Gasteiger partial charge in [-0.2, -0.15) is 0 Å². The minimum Gasteiger partial charge on any atom is -0.494 e. The summed E-state index contributed by atoms with van der Waals surface area (Å²) in [6, 6.07) is 11.1. The number of aryl methyl sites for hydroxylation is 1. The van der Waals surface area contributed by atoms with E-state index in [2.05, 4.69) is 4.72 Å². The van der Waals surface area contributed by atoms with Crippen molar-refractivity contribution in [1.82, 2.24) is 0 Å². The van der Waals surface area contributed by atoms with Crippen LogP contribution < -0.4 is 13.8 Å². The second-order valence-corrected chi connectivity index (χ2v) is 9.95. The second-order valence-electron chi connectivity index (χ2n) is 6.26. The summed E-state index contributed by atoms with van der Waals surface area (Å²) in [4.78, 5) is 0.114. The molecule has 146 valence electrons. The molecule has 0 aliphatic carbocycles. The molecular formula is C18H22N2O5S2.